The molecule has 0 fully saturated rings. The number of fused-ring (bicyclic) bond motifs is 1. The van der Waals surface area contributed by atoms with E-state index >= 15 is 0 Å². The van der Waals surface area contributed by atoms with Crippen LogP contribution < -0.4 is 10.5 Å². The SMILES string of the molecule is CC(Oc1ccccc1F)c1nnc2sc(N)nn12. The van der Waals surface area contributed by atoms with Gasteiger partial charge in [0.15, 0.2) is 23.5 Å². The number of nitrogen functional groups attached to an aromatic ring is 1. The fraction of sp³-hybridized carbons (Fsp3) is 0.182. The first-order valence-corrected chi connectivity index (χ1v) is 6.35. The molecule has 98 valence electrons. The smallest absolute Gasteiger partial charge is 0.236 e. The summed E-state index contributed by atoms with van der Waals surface area (Å²) in [5.41, 5.74) is 5.60. The Morgan fingerprint density at radius 1 is 1.37 bits per heavy atom. The molecule has 2 heterocycles. The fourth-order valence-corrected chi connectivity index (χ4v) is 2.30. The predicted molar refractivity (Wildman–Crippen MR) is 68.5 cm³/mol. The van der Waals surface area contributed by atoms with Crippen LogP contribution in [0.25, 0.3) is 4.96 Å². The lowest BCUT2D eigenvalue weighted by Crippen LogP contribution is -2.09. The van der Waals surface area contributed by atoms with E-state index in [4.69, 9.17) is 10.5 Å². The Labute approximate surface area is 111 Å². The molecule has 0 aliphatic rings. The van der Waals surface area contributed by atoms with Crippen molar-refractivity contribution in [3.63, 3.8) is 0 Å². The monoisotopic (exact) mass is 279 g/mol. The summed E-state index contributed by atoms with van der Waals surface area (Å²) in [5.74, 6) is 0.217. The van der Waals surface area contributed by atoms with Crippen molar-refractivity contribution in [2.24, 2.45) is 0 Å². The molecule has 0 saturated carbocycles. The van der Waals surface area contributed by atoms with Crippen LogP contribution in [0.3, 0.4) is 0 Å². The minimum absolute atomic E-state index is 0.162. The van der Waals surface area contributed by atoms with Crippen LogP contribution in [0.4, 0.5) is 9.52 Å². The summed E-state index contributed by atoms with van der Waals surface area (Å²) in [6.45, 7) is 1.75. The number of hydrogen-bond acceptors (Lipinski definition) is 6. The van der Waals surface area contributed by atoms with Gasteiger partial charge in [0.25, 0.3) is 0 Å². The molecule has 19 heavy (non-hydrogen) atoms. The molecule has 0 spiro atoms. The zero-order valence-electron chi connectivity index (χ0n) is 9.95. The van der Waals surface area contributed by atoms with E-state index in [9.17, 15) is 4.39 Å². The summed E-state index contributed by atoms with van der Waals surface area (Å²) in [6, 6.07) is 6.19. The fourth-order valence-electron chi connectivity index (χ4n) is 1.68. The molecule has 0 amide bonds. The molecule has 6 nitrogen and oxygen atoms in total. The largest absolute Gasteiger partial charge is 0.480 e. The molecule has 1 unspecified atom stereocenters. The van der Waals surface area contributed by atoms with E-state index < -0.39 is 11.9 Å². The molecule has 0 aliphatic carbocycles. The van der Waals surface area contributed by atoms with Crippen LogP contribution in [0, 0.1) is 5.82 Å². The number of anilines is 1. The van der Waals surface area contributed by atoms with Gasteiger partial charge in [0.1, 0.15) is 0 Å². The topological polar surface area (TPSA) is 78.3 Å². The lowest BCUT2D eigenvalue weighted by Gasteiger charge is -2.12. The van der Waals surface area contributed by atoms with Gasteiger partial charge in [-0.3, -0.25) is 0 Å². The van der Waals surface area contributed by atoms with Crippen LogP contribution in [0.5, 0.6) is 5.75 Å². The lowest BCUT2D eigenvalue weighted by molar-refractivity contribution is 0.204. The van der Waals surface area contributed by atoms with Gasteiger partial charge in [-0.15, -0.1) is 15.3 Å². The van der Waals surface area contributed by atoms with Crippen LogP contribution in [0.2, 0.25) is 0 Å². The maximum atomic E-state index is 13.5. The number of aromatic nitrogens is 4. The second kappa shape index (κ2) is 4.47. The van der Waals surface area contributed by atoms with Gasteiger partial charge in [-0.1, -0.05) is 23.5 Å². The van der Waals surface area contributed by atoms with E-state index in [2.05, 4.69) is 15.3 Å². The van der Waals surface area contributed by atoms with Gasteiger partial charge >= 0.3 is 0 Å². The highest BCUT2D eigenvalue weighted by atomic mass is 32.1. The van der Waals surface area contributed by atoms with Gasteiger partial charge in [0.2, 0.25) is 10.1 Å². The molecule has 0 aliphatic heterocycles. The number of benzene rings is 1. The average Bonchev–Trinajstić information content (AvgIpc) is 2.90. The molecule has 2 N–H and O–H groups in total. The number of nitrogens with two attached hydrogens (primary N) is 1. The summed E-state index contributed by atoms with van der Waals surface area (Å²) in [4.78, 5) is 0.580. The van der Waals surface area contributed by atoms with E-state index in [1.807, 2.05) is 0 Å². The van der Waals surface area contributed by atoms with Crippen molar-refractivity contribution < 1.29 is 9.13 Å². The van der Waals surface area contributed by atoms with Crippen molar-refractivity contribution in [1.82, 2.24) is 19.8 Å². The number of rotatable bonds is 3. The standard InChI is InChI=1S/C11H10FN5OS/c1-6(18-8-5-3-2-4-7(8)12)9-14-15-11-17(9)16-10(13)19-11/h2-6H,1H3,(H2,13,16). The second-order valence-electron chi connectivity index (χ2n) is 3.88. The normalized spacial score (nSPS) is 12.7. The van der Waals surface area contributed by atoms with E-state index in [0.717, 1.165) is 0 Å². The van der Waals surface area contributed by atoms with Gasteiger partial charge < -0.3 is 10.5 Å². The van der Waals surface area contributed by atoms with Crippen LogP contribution in [-0.2, 0) is 0 Å². The molecular weight excluding hydrogens is 269 g/mol. The Hall–Kier alpha value is -2.22. The van der Waals surface area contributed by atoms with Crippen LogP contribution in [0.1, 0.15) is 18.9 Å². The minimum atomic E-state index is -0.492. The number of ether oxygens (including phenoxy) is 1. The van der Waals surface area contributed by atoms with E-state index in [1.165, 1.54) is 21.9 Å². The lowest BCUT2D eigenvalue weighted by atomic mass is 10.3. The number of hydrogen-bond donors (Lipinski definition) is 1. The summed E-state index contributed by atoms with van der Waals surface area (Å²) < 4.78 is 20.5. The molecule has 3 rings (SSSR count). The van der Waals surface area contributed by atoms with Gasteiger partial charge in [-0.05, 0) is 19.1 Å². The first kappa shape index (κ1) is 11.8. The summed E-state index contributed by atoms with van der Waals surface area (Å²) in [6.07, 6.45) is -0.492. The second-order valence-corrected chi connectivity index (χ2v) is 4.87. The Kier molecular flexibility index (Phi) is 2.79. The summed E-state index contributed by atoms with van der Waals surface area (Å²) >= 11 is 1.23. The number of para-hydroxylation sites is 1. The van der Waals surface area contributed by atoms with Crippen LogP contribution in [0.15, 0.2) is 24.3 Å². The maximum absolute atomic E-state index is 13.5. The summed E-state index contributed by atoms with van der Waals surface area (Å²) in [5, 5.41) is 12.4. The Balaban J connectivity index is 1.91. The van der Waals surface area contributed by atoms with Gasteiger partial charge in [0, 0.05) is 0 Å². The zero-order chi connectivity index (χ0) is 13.4. The zero-order valence-corrected chi connectivity index (χ0v) is 10.8. The first-order chi connectivity index (χ1) is 9.15. The highest BCUT2D eigenvalue weighted by molar-refractivity contribution is 7.20. The van der Waals surface area contributed by atoms with Gasteiger partial charge in [-0.2, -0.15) is 4.52 Å². The van der Waals surface area contributed by atoms with Crippen molar-refractivity contribution in [2.45, 2.75) is 13.0 Å². The van der Waals surface area contributed by atoms with Crippen LogP contribution >= 0.6 is 11.3 Å². The summed E-state index contributed by atoms with van der Waals surface area (Å²) in [7, 11) is 0. The molecule has 0 radical (unpaired) electrons. The van der Waals surface area contributed by atoms with Crippen molar-refractivity contribution in [3.8, 4) is 5.75 Å². The average molecular weight is 279 g/mol. The van der Waals surface area contributed by atoms with Crippen molar-refractivity contribution in [2.75, 3.05) is 5.73 Å². The predicted octanol–water partition coefficient (Wildman–Crippen LogP) is 2.05. The maximum Gasteiger partial charge on any atom is 0.236 e. The molecule has 0 saturated heterocycles. The number of nitrogens with zero attached hydrogens (tertiary/aromatic N) is 4. The third-order valence-electron chi connectivity index (χ3n) is 2.53. The highest BCUT2D eigenvalue weighted by Crippen LogP contribution is 2.24. The molecule has 1 aromatic carbocycles. The third kappa shape index (κ3) is 2.10. The van der Waals surface area contributed by atoms with E-state index in [1.54, 1.807) is 25.1 Å². The molecular formula is C11H10FN5OS. The molecule has 1 atom stereocenters. The Morgan fingerprint density at radius 3 is 2.95 bits per heavy atom. The third-order valence-corrected chi connectivity index (χ3v) is 3.26. The Bertz CT molecular complexity index is 725. The van der Waals surface area contributed by atoms with Crippen molar-refractivity contribution in [3.05, 3.63) is 35.9 Å². The van der Waals surface area contributed by atoms with Gasteiger partial charge in [0.05, 0.1) is 0 Å². The quantitative estimate of drug-likeness (QED) is 0.793. The molecule has 3 aromatic rings. The first-order valence-electron chi connectivity index (χ1n) is 5.54. The molecule has 0 bridgehead atoms. The highest BCUT2D eigenvalue weighted by Gasteiger charge is 2.19. The molecule has 8 heteroatoms. The van der Waals surface area contributed by atoms with Crippen molar-refractivity contribution >= 4 is 21.4 Å². The van der Waals surface area contributed by atoms with Crippen molar-refractivity contribution in [1.29, 1.82) is 0 Å². The Morgan fingerprint density at radius 2 is 2.16 bits per heavy atom. The van der Waals surface area contributed by atoms with E-state index in [-0.39, 0.29) is 5.75 Å². The van der Waals surface area contributed by atoms with Crippen LogP contribution in [-0.4, -0.2) is 19.8 Å². The van der Waals surface area contributed by atoms with Gasteiger partial charge in [-0.25, -0.2) is 4.39 Å². The minimum Gasteiger partial charge on any atom is -0.480 e. The number of halogens is 1. The van der Waals surface area contributed by atoms with E-state index in [0.29, 0.717) is 15.9 Å². The molecule has 2 aromatic heterocycles.